The average molecular weight is 891 g/mol. The Morgan fingerprint density at radius 1 is 0.629 bits per heavy atom. The fraction of sp³-hybridized carbons (Fsp3) is 1.00. The minimum absolute atomic E-state index is 0.0228. The highest BCUT2D eigenvalue weighted by Crippen LogP contribution is 2.71. The molecule has 4 saturated heterocycles. The normalized spacial score (nSPS) is 57.0. The maximum Gasteiger partial charge on any atom is 0.187 e. The topological polar surface area (TPSA) is 298 Å². The molecule has 0 unspecified atom stereocenters. The van der Waals surface area contributed by atoms with Crippen molar-refractivity contribution in [2.45, 2.75) is 202 Å². The van der Waals surface area contributed by atoms with Crippen molar-refractivity contribution >= 4 is 0 Å². The number of hydrogen-bond acceptors (Lipinski definition) is 18. The van der Waals surface area contributed by atoms with E-state index in [9.17, 15) is 61.3 Å². The number of aliphatic hydroxyl groups excluding tert-OH is 11. The lowest BCUT2D eigenvalue weighted by Gasteiger charge is -2.61. The molecule has 0 aromatic rings. The molecule has 8 aliphatic rings. The first-order chi connectivity index (χ1) is 29.3. The van der Waals surface area contributed by atoms with Crippen molar-refractivity contribution in [3.05, 3.63) is 0 Å². The monoisotopic (exact) mass is 890 g/mol. The van der Waals surface area contributed by atoms with Crippen molar-refractivity contribution in [3.63, 3.8) is 0 Å². The zero-order valence-corrected chi connectivity index (χ0v) is 36.4. The van der Waals surface area contributed by atoms with Crippen LogP contribution >= 0.6 is 0 Å². The molecule has 0 aromatic heterocycles. The van der Waals surface area contributed by atoms with Gasteiger partial charge < -0.3 is 89.7 Å². The van der Waals surface area contributed by atoms with E-state index in [-0.39, 0.29) is 40.8 Å². The standard InChI is InChI=1S/C44H74O18/c1-18(38-36(54)33(51)30(48)26(15-45)58-38)7-12-44(56)19(2)29-25(62-44)14-24-22-6-5-20-13-21(8-10-42(20,3)23(22)9-11-43(24,29)4)57-41-39(35(53)32(50)28(17-47)60-41)61-40-37(55)34(52)31(49)27(16-46)59-40/h18-41,45-56H,5-17H2,1-4H3/t18-,19+,20-,21+,22-,23+,24+,25+,26-,27-,28-,29+,30-,31-,32+,33+,34+,35+,36-,37-,38+,39-,40+,41-,42+,43+,44-/m1/s1. The maximum atomic E-state index is 12.1. The van der Waals surface area contributed by atoms with Gasteiger partial charge in [0.25, 0.3) is 0 Å². The van der Waals surface area contributed by atoms with Gasteiger partial charge in [0.1, 0.15) is 73.2 Å². The van der Waals surface area contributed by atoms with E-state index in [4.69, 9.17) is 28.4 Å². The predicted molar refractivity (Wildman–Crippen MR) is 213 cm³/mol. The average Bonchev–Trinajstić information content (AvgIpc) is 3.69. The Morgan fingerprint density at radius 3 is 1.89 bits per heavy atom. The third-order valence-electron chi connectivity index (χ3n) is 18.0. The molecule has 4 aliphatic heterocycles. The summed E-state index contributed by atoms with van der Waals surface area (Å²) in [6.07, 6.45) is -13.4. The number of aliphatic hydroxyl groups is 12. The second-order valence-electron chi connectivity index (χ2n) is 21.1. The van der Waals surface area contributed by atoms with Gasteiger partial charge in [0.05, 0.1) is 38.1 Å². The van der Waals surface area contributed by atoms with Gasteiger partial charge in [-0.1, -0.05) is 27.7 Å². The van der Waals surface area contributed by atoms with Gasteiger partial charge in [-0.25, -0.2) is 0 Å². The van der Waals surface area contributed by atoms with Crippen LogP contribution in [0.3, 0.4) is 0 Å². The lowest BCUT2D eigenvalue weighted by Crippen LogP contribution is -2.65. The highest BCUT2D eigenvalue weighted by atomic mass is 16.8. The van der Waals surface area contributed by atoms with Crippen molar-refractivity contribution in [2.24, 2.45) is 52.3 Å². The minimum Gasteiger partial charge on any atom is -0.394 e. The molecule has 4 heterocycles. The molecule has 18 nitrogen and oxygen atoms in total. The van der Waals surface area contributed by atoms with E-state index in [0.29, 0.717) is 42.9 Å². The van der Waals surface area contributed by atoms with Gasteiger partial charge in [-0.15, -0.1) is 0 Å². The van der Waals surface area contributed by atoms with E-state index >= 15 is 0 Å². The molecule has 0 aromatic carbocycles. The first-order valence-electron chi connectivity index (χ1n) is 23.3. The minimum atomic E-state index is -1.75. The Labute approximate surface area is 363 Å². The van der Waals surface area contributed by atoms with Crippen molar-refractivity contribution in [3.8, 4) is 0 Å². The zero-order chi connectivity index (χ0) is 44.8. The predicted octanol–water partition coefficient (Wildman–Crippen LogP) is -1.75. The molecule has 8 rings (SSSR count). The molecule has 4 saturated carbocycles. The Kier molecular flexibility index (Phi) is 13.9. The molecule has 0 bridgehead atoms. The van der Waals surface area contributed by atoms with E-state index in [1.54, 1.807) is 0 Å². The fourth-order valence-electron chi connectivity index (χ4n) is 14.4. The maximum absolute atomic E-state index is 12.1. The van der Waals surface area contributed by atoms with Crippen molar-refractivity contribution in [2.75, 3.05) is 19.8 Å². The summed E-state index contributed by atoms with van der Waals surface area (Å²) in [6, 6.07) is 0. The van der Waals surface area contributed by atoms with E-state index < -0.39 is 118 Å². The van der Waals surface area contributed by atoms with Gasteiger partial charge in [0.2, 0.25) is 0 Å². The van der Waals surface area contributed by atoms with Crippen LogP contribution in [0.25, 0.3) is 0 Å². The van der Waals surface area contributed by atoms with Gasteiger partial charge in [0.15, 0.2) is 18.4 Å². The largest absolute Gasteiger partial charge is 0.394 e. The molecule has 0 radical (unpaired) electrons. The number of rotatable bonds is 11. The highest BCUT2D eigenvalue weighted by molar-refractivity contribution is 5.15. The van der Waals surface area contributed by atoms with Gasteiger partial charge in [0, 0.05) is 12.3 Å². The van der Waals surface area contributed by atoms with E-state index in [2.05, 4.69) is 20.8 Å². The molecular formula is C44H74O18. The summed E-state index contributed by atoms with van der Waals surface area (Å²) in [7, 11) is 0. The fourth-order valence-corrected chi connectivity index (χ4v) is 14.4. The SMILES string of the molecule is C[C@H](CC[C@@]1(O)O[C@H]2C[C@H]3[C@@H]4CC[C@@H]5C[C@@H](O[C@@H]6O[C@H](CO)[C@H](O)[C@H](O)[C@H]6O[C@@H]6O[C@H](CO)[C@@H](O)[C@H](O)[C@H]6O)CC[C@]5(C)[C@H]4CC[C@]3(C)[C@H]2[C@@H]1C)[C@@H]1O[C@H](CO)[C@@H](O)[C@H](O)[C@H]1O. The lowest BCUT2D eigenvalue weighted by atomic mass is 9.44. The first-order valence-corrected chi connectivity index (χ1v) is 23.3. The second kappa shape index (κ2) is 18.1. The van der Waals surface area contributed by atoms with Gasteiger partial charge >= 0.3 is 0 Å². The summed E-state index contributed by atoms with van der Waals surface area (Å²) in [5.74, 6) is 0.108. The molecule has 0 amide bonds. The van der Waals surface area contributed by atoms with Crippen LogP contribution < -0.4 is 0 Å². The summed E-state index contributed by atoms with van der Waals surface area (Å²) in [5, 5.41) is 126. The van der Waals surface area contributed by atoms with Crippen molar-refractivity contribution in [1.82, 2.24) is 0 Å². The Hall–Kier alpha value is -0.720. The van der Waals surface area contributed by atoms with E-state index in [0.717, 1.165) is 44.9 Å². The molecule has 4 aliphatic carbocycles. The molecular weight excluding hydrogens is 816 g/mol. The Balaban J connectivity index is 0.899. The lowest BCUT2D eigenvalue weighted by molar-refractivity contribution is -0.373. The van der Waals surface area contributed by atoms with Crippen LogP contribution in [0.15, 0.2) is 0 Å². The smallest absolute Gasteiger partial charge is 0.187 e. The third-order valence-corrected chi connectivity index (χ3v) is 18.0. The number of hydrogen-bond donors (Lipinski definition) is 12. The quantitative estimate of drug-likeness (QED) is 0.102. The third kappa shape index (κ3) is 7.94. The van der Waals surface area contributed by atoms with E-state index in [1.165, 1.54) is 0 Å². The molecule has 12 N–H and O–H groups in total. The molecule has 27 atom stereocenters. The summed E-state index contributed by atoms with van der Waals surface area (Å²) < 4.78 is 36.5. The molecule has 358 valence electrons. The van der Waals surface area contributed by atoms with Gasteiger partial charge in [-0.3, -0.25) is 0 Å². The van der Waals surface area contributed by atoms with Crippen LogP contribution in [0.1, 0.15) is 91.9 Å². The Bertz CT molecular complexity index is 1530. The van der Waals surface area contributed by atoms with Crippen LogP contribution in [0, 0.1) is 52.3 Å². The summed E-state index contributed by atoms with van der Waals surface area (Å²) in [4.78, 5) is 0. The summed E-state index contributed by atoms with van der Waals surface area (Å²) in [6.45, 7) is 7.02. The Morgan fingerprint density at radius 2 is 1.23 bits per heavy atom. The molecule has 8 fully saturated rings. The van der Waals surface area contributed by atoms with Crippen molar-refractivity contribution < 1.29 is 89.7 Å². The molecule has 18 heteroatoms. The number of fused-ring (bicyclic) bond motifs is 7. The van der Waals surface area contributed by atoms with Gasteiger partial charge in [-0.2, -0.15) is 0 Å². The van der Waals surface area contributed by atoms with Crippen LogP contribution in [-0.4, -0.2) is 191 Å². The van der Waals surface area contributed by atoms with E-state index in [1.807, 2.05) is 6.92 Å². The van der Waals surface area contributed by atoms with Gasteiger partial charge in [-0.05, 0) is 104 Å². The molecule has 62 heavy (non-hydrogen) atoms. The zero-order valence-electron chi connectivity index (χ0n) is 36.4. The van der Waals surface area contributed by atoms with Crippen LogP contribution in [-0.2, 0) is 28.4 Å². The second-order valence-corrected chi connectivity index (χ2v) is 21.1. The summed E-state index contributed by atoms with van der Waals surface area (Å²) in [5.41, 5.74) is 0.0175. The van der Waals surface area contributed by atoms with Crippen molar-refractivity contribution in [1.29, 1.82) is 0 Å². The van der Waals surface area contributed by atoms with Crippen LogP contribution in [0.2, 0.25) is 0 Å². The first kappa shape index (κ1) is 47.8. The van der Waals surface area contributed by atoms with Crippen LogP contribution in [0.5, 0.6) is 0 Å². The highest BCUT2D eigenvalue weighted by Gasteiger charge is 2.68. The summed E-state index contributed by atoms with van der Waals surface area (Å²) >= 11 is 0. The number of ether oxygens (including phenoxy) is 6. The van der Waals surface area contributed by atoms with Crippen LogP contribution in [0.4, 0.5) is 0 Å². The molecule has 0 spiro atoms.